The van der Waals surface area contributed by atoms with E-state index in [0.717, 1.165) is 30.6 Å². The predicted molar refractivity (Wildman–Crippen MR) is 81.2 cm³/mol. The molecule has 2 unspecified atom stereocenters. The number of carboxylic acids is 1. The topological polar surface area (TPSA) is 64.0 Å². The zero-order chi connectivity index (χ0) is 15.4. The first kappa shape index (κ1) is 15.9. The highest BCUT2D eigenvalue weighted by Gasteiger charge is 2.30. The summed E-state index contributed by atoms with van der Waals surface area (Å²) >= 11 is 0. The van der Waals surface area contributed by atoms with E-state index in [9.17, 15) is 9.90 Å². The Morgan fingerprint density at radius 3 is 2.48 bits per heavy atom. The molecule has 0 amide bonds. The van der Waals surface area contributed by atoms with Gasteiger partial charge in [-0.3, -0.25) is 9.69 Å². The maximum atomic E-state index is 10.7. The smallest absolute Gasteiger partial charge is 0.307 e. The Balaban J connectivity index is 1.97. The second-order valence-electron chi connectivity index (χ2n) is 6.12. The van der Waals surface area contributed by atoms with Gasteiger partial charge in [0.25, 0.3) is 0 Å². The minimum atomic E-state index is -0.809. The number of likely N-dealkylation sites (N-methyl/N-ethyl adjacent to an activating group) is 1. The van der Waals surface area contributed by atoms with Gasteiger partial charge in [-0.15, -0.1) is 0 Å². The number of hydrogen-bond acceptors (Lipinski definition) is 4. The van der Waals surface area contributed by atoms with Gasteiger partial charge in [0.2, 0.25) is 0 Å². The van der Waals surface area contributed by atoms with Gasteiger partial charge in [-0.25, -0.2) is 0 Å². The van der Waals surface area contributed by atoms with Crippen molar-refractivity contribution in [3.05, 3.63) is 35.4 Å². The fourth-order valence-corrected chi connectivity index (χ4v) is 2.93. The van der Waals surface area contributed by atoms with E-state index in [2.05, 4.69) is 9.80 Å². The van der Waals surface area contributed by atoms with Gasteiger partial charge in [0, 0.05) is 25.7 Å². The van der Waals surface area contributed by atoms with Crippen LogP contribution in [0.3, 0.4) is 0 Å². The van der Waals surface area contributed by atoms with E-state index in [-0.39, 0.29) is 12.5 Å². The molecule has 2 atom stereocenters. The molecule has 1 aromatic rings. The van der Waals surface area contributed by atoms with Crippen molar-refractivity contribution in [1.29, 1.82) is 0 Å². The van der Waals surface area contributed by atoms with Gasteiger partial charge in [-0.2, -0.15) is 0 Å². The zero-order valence-electron chi connectivity index (χ0n) is 12.7. The highest BCUT2D eigenvalue weighted by atomic mass is 16.4. The summed E-state index contributed by atoms with van der Waals surface area (Å²) in [6, 6.07) is 8.08. The van der Waals surface area contributed by atoms with Gasteiger partial charge in [0.15, 0.2) is 0 Å². The van der Waals surface area contributed by atoms with E-state index in [0.29, 0.717) is 12.6 Å². The van der Waals surface area contributed by atoms with Crippen LogP contribution in [0, 0.1) is 0 Å². The molecule has 1 aliphatic rings. The molecule has 0 bridgehead atoms. The van der Waals surface area contributed by atoms with E-state index in [1.165, 1.54) is 0 Å². The summed E-state index contributed by atoms with van der Waals surface area (Å²) in [5.41, 5.74) is 1.97. The highest BCUT2D eigenvalue weighted by molar-refractivity contribution is 5.70. The van der Waals surface area contributed by atoms with Gasteiger partial charge in [0.1, 0.15) is 0 Å². The summed E-state index contributed by atoms with van der Waals surface area (Å²) in [5.74, 6) is -0.809. The SMILES string of the molecule is CN(C)CC1CC(O)CN1Cc1ccc(CC(=O)O)cc1. The van der Waals surface area contributed by atoms with Gasteiger partial charge in [0.05, 0.1) is 12.5 Å². The maximum Gasteiger partial charge on any atom is 0.307 e. The highest BCUT2D eigenvalue weighted by Crippen LogP contribution is 2.21. The first-order chi connectivity index (χ1) is 9.94. The van der Waals surface area contributed by atoms with Crippen molar-refractivity contribution in [1.82, 2.24) is 9.80 Å². The zero-order valence-corrected chi connectivity index (χ0v) is 12.7. The first-order valence-corrected chi connectivity index (χ1v) is 7.30. The van der Waals surface area contributed by atoms with E-state index < -0.39 is 5.97 Å². The number of nitrogens with zero attached hydrogens (tertiary/aromatic N) is 2. The third kappa shape index (κ3) is 4.81. The Morgan fingerprint density at radius 2 is 1.90 bits per heavy atom. The summed E-state index contributed by atoms with van der Waals surface area (Å²) < 4.78 is 0. The molecule has 116 valence electrons. The normalized spacial score (nSPS) is 22.9. The van der Waals surface area contributed by atoms with Crippen LogP contribution in [0.5, 0.6) is 0 Å². The van der Waals surface area contributed by atoms with E-state index in [1.807, 2.05) is 38.4 Å². The van der Waals surface area contributed by atoms with Crippen LogP contribution in [0.4, 0.5) is 0 Å². The molecule has 0 aliphatic carbocycles. The van der Waals surface area contributed by atoms with Gasteiger partial charge in [-0.1, -0.05) is 24.3 Å². The lowest BCUT2D eigenvalue weighted by Crippen LogP contribution is -2.37. The van der Waals surface area contributed by atoms with Crippen molar-refractivity contribution in [2.24, 2.45) is 0 Å². The van der Waals surface area contributed by atoms with Crippen molar-refractivity contribution in [3.63, 3.8) is 0 Å². The Labute approximate surface area is 125 Å². The molecule has 2 N–H and O–H groups in total. The molecule has 1 aliphatic heterocycles. The molecular formula is C16H24N2O3. The van der Waals surface area contributed by atoms with Crippen LogP contribution in [-0.4, -0.2) is 65.3 Å². The van der Waals surface area contributed by atoms with E-state index in [1.54, 1.807) is 0 Å². The molecule has 1 aromatic carbocycles. The molecule has 5 heteroatoms. The lowest BCUT2D eigenvalue weighted by Gasteiger charge is -2.26. The second-order valence-corrected chi connectivity index (χ2v) is 6.12. The molecule has 1 fully saturated rings. The fraction of sp³-hybridized carbons (Fsp3) is 0.562. The van der Waals surface area contributed by atoms with Gasteiger partial charge in [-0.05, 0) is 31.6 Å². The number of aliphatic hydroxyl groups excluding tert-OH is 1. The van der Waals surface area contributed by atoms with E-state index in [4.69, 9.17) is 5.11 Å². The molecule has 0 aromatic heterocycles. The van der Waals surface area contributed by atoms with Crippen LogP contribution in [0.25, 0.3) is 0 Å². The monoisotopic (exact) mass is 292 g/mol. The van der Waals surface area contributed by atoms with Crippen molar-refractivity contribution < 1.29 is 15.0 Å². The van der Waals surface area contributed by atoms with Crippen molar-refractivity contribution in [2.75, 3.05) is 27.2 Å². The lowest BCUT2D eigenvalue weighted by atomic mass is 10.1. The molecule has 0 spiro atoms. The minimum absolute atomic E-state index is 0.0615. The largest absolute Gasteiger partial charge is 0.481 e. The Morgan fingerprint density at radius 1 is 1.29 bits per heavy atom. The average molecular weight is 292 g/mol. The summed E-state index contributed by atoms with van der Waals surface area (Å²) in [7, 11) is 4.09. The Hall–Kier alpha value is -1.43. The summed E-state index contributed by atoms with van der Waals surface area (Å²) in [5, 5.41) is 18.7. The van der Waals surface area contributed by atoms with Crippen LogP contribution in [0.15, 0.2) is 24.3 Å². The molecule has 0 radical (unpaired) electrons. The minimum Gasteiger partial charge on any atom is -0.481 e. The molecule has 1 heterocycles. The van der Waals surface area contributed by atoms with Crippen molar-refractivity contribution in [2.45, 2.75) is 31.5 Å². The maximum absolute atomic E-state index is 10.7. The molecular weight excluding hydrogens is 268 g/mol. The standard InChI is InChI=1S/C16H24N2O3/c1-17(2)10-14-8-15(19)11-18(14)9-13-5-3-12(4-6-13)7-16(20)21/h3-6,14-15,19H,7-11H2,1-2H3,(H,20,21). The van der Waals surface area contributed by atoms with Crippen LogP contribution in [-0.2, 0) is 17.8 Å². The number of carboxylic acid groups (broad SMARTS) is 1. The van der Waals surface area contributed by atoms with Crippen molar-refractivity contribution >= 4 is 5.97 Å². The average Bonchev–Trinajstić information content (AvgIpc) is 2.70. The fourth-order valence-electron chi connectivity index (χ4n) is 2.93. The first-order valence-electron chi connectivity index (χ1n) is 7.30. The van der Waals surface area contributed by atoms with Crippen LogP contribution >= 0.6 is 0 Å². The van der Waals surface area contributed by atoms with Gasteiger partial charge < -0.3 is 15.1 Å². The van der Waals surface area contributed by atoms with Crippen molar-refractivity contribution in [3.8, 4) is 0 Å². The Kier molecular flexibility index (Phi) is 5.33. The summed E-state index contributed by atoms with van der Waals surface area (Å²) in [4.78, 5) is 15.1. The number of likely N-dealkylation sites (tertiary alicyclic amines) is 1. The second kappa shape index (κ2) is 7.02. The van der Waals surface area contributed by atoms with E-state index >= 15 is 0 Å². The molecule has 0 saturated carbocycles. The molecule has 21 heavy (non-hydrogen) atoms. The van der Waals surface area contributed by atoms with Crippen LogP contribution in [0.2, 0.25) is 0 Å². The number of carbonyl (C=O) groups is 1. The van der Waals surface area contributed by atoms with Crippen LogP contribution in [0.1, 0.15) is 17.5 Å². The number of rotatable bonds is 6. The number of aliphatic hydroxyl groups is 1. The summed E-state index contributed by atoms with van der Waals surface area (Å²) in [6.45, 7) is 2.44. The third-order valence-electron chi connectivity index (χ3n) is 3.85. The summed E-state index contributed by atoms with van der Waals surface area (Å²) in [6.07, 6.45) is 0.627. The molecule has 2 rings (SSSR count). The molecule has 1 saturated heterocycles. The predicted octanol–water partition coefficient (Wildman–Crippen LogP) is 0.810. The van der Waals surface area contributed by atoms with Crippen LogP contribution < -0.4 is 0 Å². The number of aliphatic carboxylic acids is 1. The number of β-amino-alcohol motifs (C(OH)–C–C–N with tert-alkyl or cyclic N) is 1. The third-order valence-corrected chi connectivity index (χ3v) is 3.85. The quantitative estimate of drug-likeness (QED) is 0.812. The Bertz CT molecular complexity index is 473. The van der Waals surface area contributed by atoms with Gasteiger partial charge >= 0.3 is 5.97 Å². The number of hydrogen-bond donors (Lipinski definition) is 2. The lowest BCUT2D eigenvalue weighted by molar-refractivity contribution is -0.136. The number of benzene rings is 1. The molecule has 5 nitrogen and oxygen atoms in total.